The van der Waals surface area contributed by atoms with Crippen LogP contribution in [0.25, 0.3) is 93.6 Å². The van der Waals surface area contributed by atoms with E-state index in [4.69, 9.17) is 0 Å². The Bertz CT molecular complexity index is 4090. The van der Waals surface area contributed by atoms with Crippen molar-refractivity contribution in [2.24, 2.45) is 0 Å². The molecule has 0 aliphatic rings. The van der Waals surface area contributed by atoms with Gasteiger partial charge in [-0.2, -0.15) is 0 Å². The standard InChI is InChI=1S/C66H45N3Si/c1-4-22-47(23-5-1)70(48-24-6-2-7-25-48,49-26-8-3-9-27-49)50-41-42-57(66(45-50)69-62-37-19-12-30-53(62)54-31-13-20-38-63(54)69)55-32-14-18-36-61(55)68-64-39-21-15-33-56(64)58-44-46(40-43-65(58)68)67-59-34-16-10-28-51(59)52-29-11-17-35-60(52)67/h1-45H. The van der Waals surface area contributed by atoms with E-state index in [1.165, 1.54) is 80.6 Å². The zero-order chi connectivity index (χ0) is 46.2. The lowest BCUT2D eigenvalue weighted by Gasteiger charge is -2.35. The van der Waals surface area contributed by atoms with Crippen molar-refractivity contribution in [1.82, 2.24) is 13.7 Å². The Balaban J connectivity index is 1.06. The van der Waals surface area contributed by atoms with Crippen LogP contribution in [0.2, 0.25) is 0 Å². The predicted molar refractivity (Wildman–Crippen MR) is 299 cm³/mol. The summed E-state index contributed by atoms with van der Waals surface area (Å²) in [5.74, 6) is 0. The molecule has 14 rings (SSSR count). The molecular weight excluding hydrogens is 863 g/mol. The first-order valence-corrected chi connectivity index (χ1v) is 26.2. The van der Waals surface area contributed by atoms with E-state index in [-0.39, 0.29) is 0 Å². The Morgan fingerprint density at radius 2 is 0.571 bits per heavy atom. The molecule has 0 aliphatic carbocycles. The second-order valence-corrected chi connectivity index (χ2v) is 22.2. The van der Waals surface area contributed by atoms with Crippen molar-refractivity contribution in [3.05, 3.63) is 273 Å². The third-order valence-electron chi connectivity index (χ3n) is 14.8. The first-order valence-electron chi connectivity index (χ1n) is 24.2. The highest BCUT2D eigenvalue weighted by Crippen LogP contribution is 2.42. The van der Waals surface area contributed by atoms with Gasteiger partial charge >= 0.3 is 0 Å². The van der Waals surface area contributed by atoms with E-state index in [1.807, 2.05) is 0 Å². The third kappa shape index (κ3) is 5.94. The molecule has 0 saturated carbocycles. The van der Waals surface area contributed by atoms with E-state index in [9.17, 15) is 0 Å². The molecule has 4 heteroatoms. The molecule has 14 aromatic rings. The van der Waals surface area contributed by atoms with Gasteiger partial charge in [-0.3, -0.25) is 0 Å². The number of para-hydroxylation sites is 6. The molecule has 0 saturated heterocycles. The molecule has 11 aromatic carbocycles. The van der Waals surface area contributed by atoms with Gasteiger partial charge in [0.15, 0.2) is 8.07 Å². The lowest BCUT2D eigenvalue weighted by Crippen LogP contribution is -2.74. The minimum atomic E-state index is -2.93. The Morgan fingerprint density at radius 1 is 0.214 bits per heavy atom. The van der Waals surface area contributed by atoms with Crippen molar-refractivity contribution in [2.45, 2.75) is 0 Å². The highest BCUT2D eigenvalue weighted by Gasteiger charge is 2.42. The first-order chi connectivity index (χ1) is 34.8. The molecule has 0 bridgehead atoms. The van der Waals surface area contributed by atoms with Crippen LogP contribution in [0, 0.1) is 0 Å². The molecule has 0 aliphatic heterocycles. The second-order valence-electron chi connectivity index (χ2n) is 18.4. The molecule has 0 N–H and O–H groups in total. The average molecular weight is 908 g/mol. The summed E-state index contributed by atoms with van der Waals surface area (Å²) in [5, 5.41) is 12.8. The van der Waals surface area contributed by atoms with E-state index in [0.29, 0.717) is 0 Å². The Kier molecular flexibility index (Phi) is 9.23. The Morgan fingerprint density at radius 3 is 1.06 bits per heavy atom. The van der Waals surface area contributed by atoms with Crippen LogP contribution in [0.3, 0.4) is 0 Å². The van der Waals surface area contributed by atoms with Gasteiger partial charge in [0.05, 0.1) is 44.5 Å². The molecular formula is C66H45N3Si. The normalized spacial score (nSPS) is 12.0. The predicted octanol–water partition coefficient (Wildman–Crippen LogP) is 14.0. The summed E-state index contributed by atoms with van der Waals surface area (Å²) in [4.78, 5) is 0. The van der Waals surface area contributed by atoms with Gasteiger partial charge in [-0.25, -0.2) is 0 Å². The molecule has 3 aromatic heterocycles. The van der Waals surface area contributed by atoms with Gasteiger partial charge < -0.3 is 13.7 Å². The Labute approximate surface area is 407 Å². The minimum Gasteiger partial charge on any atom is -0.309 e. The lowest BCUT2D eigenvalue weighted by molar-refractivity contribution is 1.16. The average Bonchev–Trinajstić information content (AvgIpc) is 4.08. The van der Waals surface area contributed by atoms with E-state index < -0.39 is 8.07 Å². The van der Waals surface area contributed by atoms with E-state index in [2.05, 4.69) is 287 Å². The molecule has 0 radical (unpaired) electrons. The van der Waals surface area contributed by atoms with Crippen LogP contribution in [0.5, 0.6) is 0 Å². The number of hydrogen-bond donors (Lipinski definition) is 0. The van der Waals surface area contributed by atoms with Crippen molar-refractivity contribution in [3.63, 3.8) is 0 Å². The van der Waals surface area contributed by atoms with Crippen LogP contribution < -0.4 is 20.7 Å². The van der Waals surface area contributed by atoms with Gasteiger partial charge in [0.1, 0.15) is 0 Å². The van der Waals surface area contributed by atoms with Gasteiger partial charge in [-0.1, -0.05) is 212 Å². The summed E-state index contributed by atoms with van der Waals surface area (Å²) in [6, 6.07) is 102. The largest absolute Gasteiger partial charge is 0.309 e. The topological polar surface area (TPSA) is 14.8 Å². The number of aromatic nitrogens is 3. The maximum Gasteiger partial charge on any atom is 0.179 e. The fraction of sp³-hybridized carbons (Fsp3) is 0. The van der Waals surface area contributed by atoms with Crippen molar-refractivity contribution >= 4 is 94.2 Å². The van der Waals surface area contributed by atoms with Crippen molar-refractivity contribution in [1.29, 1.82) is 0 Å². The summed E-state index contributed by atoms with van der Waals surface area (Å²) in [6.45, 7) is 0. The van der Waals surface area contributed by atoms with Crippen LogP contribution in [-0.2, 0) is 0 Å². The van der Waals surface area contributed by atoms with Crippen molar-refractivity contribution < 1.29 is 0 Å². The quantitative estimate of drug-likeness (QED) is 0.107. The maximum atomic E-state index is 2.55. The van der Waals surface area contributed by atoms with E-state index in [1.54, 1.807) is 0 Å². The van der Waals surface area contributed by atoms with Gasteiger partial charge in [-0.05, 0) is 81.4 Å². The molecule has 3 nitrogen and oxygen atoms in total. The Hall–Kier alpha value is -8.96. The molecule has 0 spiro atoms. The minimum absolute atomic E-state index is 1.13. The van der Waals surface area contributed by atoms with Gasteiger partial charge in [-0.15, -0.1) is 0 Å². The molecule has 3 heterocycles. The molecule has 328 valence electrons. The van der Waals surface area contributed by atoms with Gasteiger partial charge in [0, 0.05) is 49.1 Å². The number of fused-ring (bicyclic) bond motifs is 9. The summed E-state index contributed by atoms with van der Waals surface area (Å²) in [5.41, 5.74) is 12.9. The van der Waals surface area contributed by atoms with Crippen LogP contribution in [-0.4, -0.2) is 21.8 Å². The summed E-state index contributed by atoms with van der Waals surface area (Å²) in [7, 11) is -2.93. The fourth-order valence-corrected chi connectivity index (χ4v) is 16.6. The summed E-state index contributed by atoms with van der Waals surface area (Å²) in [6.07, 6.45) is 0. The van der Waals surface area contributed by atoms with Crippen LogP contribution >= 0.6 is 0 Å². The lowest BCUT2D eigenvalue weighted by atomic mass is 10.0. The van der Waals surface area contributed by atoms with Gasteiger partial charge in [0.2, 0.25) is 0 Å². The van der Waals surface area contributed by atoms with Crippen LogP contribution in [0.4, 0.5) is 0 Å². The SMILES string of the molecule is c1ccc([Si](c2ccccc2)(c2ccccc2)c2ccc(-c3ccccc3-n3c4ccccc4c4cc(-n5c6ccccc6c6ccccc65)ccc43)c(-n3c4ccccc4c4ccccc43)c2)cc1. The number of hydrogen-bond acceptors (Lipinski definition) is 0. The number of rotatable bonds is 8. The number of benzene rings is 11. The first kappa shape index (κ1) is 40.1. The van der Waals surface area contributed by atoms with Crippen LogP contribution in [0.15, 0.2) is 273 Å². The molecule has 0 unspecified atom stereocenters. The van der Waals surface area contributed by atoms with E-state index in [0.717, 1.165) is 33.7 Å². The monoisotopic (exact) mass is 907 g/mol. The van der Waals surface area contributed by atoms with Crippen molar-refractivity contribution in [3.8, 4) is 28.2 Å². The summed E-state index contributed by atoms with van der Waals surface area (Å²) < 4.78 is 7.45. The molecule has 70 heavy (non-hydrogen) atoms. The molecule has 0 atom stereocenters. The summed E-state index contributed by atoms with van der Waals surface area (Å²) >= 11 is 0. The van der Waals surface area contributed by atoms with Gasteiger partial charge in [0.25, 0.3) is 0 Å². The second kappa shape index (κ2) is 16.1. The zero-order valence-electron chi connectivity index (χ0n) is 38.3. The van der Waals surface area contributed by atoms with Crippen LogP contribution in [0.1, 0.15) is 0 Å². The van der Waals surface area contributed by atoms with E-state index >= 15 is 0 Å². The highest BCUT2D eigenvalue weighted by molar-refractivity contribution is 7.19. The zero-order valence-corrected chi connectivity index (χ0v) is 39.3. The highest BCUT2D eigenvalue weighted by atomic mass is 28.3. The van der Waals surface area contributed by atoms with Crippen molar-refractivity contribution in [2.75, 3.05) is 0 Å². The third-order valence-corrected chi connectivity index (χ3v) is 19.6. The fourth-order valence-electron chi connectivity index (χ4n) is 11.9. The molecule has 0 amide bonds. The smallest absolute Gasteiger partial charge is 0.179 e. The molecule has 0 fully saturated rings. The maximum absolute atomic E-state index is 2.93. The number of nitrogens with zero attached hydrogens (tertiary/aromatic N) is 3.